The lowest BCUT2D eigenvalue weighted by Crippen LogP contribution is -2.37. The third-order valence-corrected chi connectivity index (χ3v) is 1.75. The summed E-state index contributed by atoms with van der Waals surface area (Å²) in [7, 11) is 0. The van der Waals surface area contributed by atoms with Crippen LogP contribution in [0.3, 0.4) is 0 Å². The van der Waals surface area contributed by atoms with Gasteiger partial charge in [-0.15, -0.1) is 0 Å². The van der Waals surface area contributed by atoms with Gasteiger partial charge in [0.2, 0.25) is 11.8 Å². The molecule has 76 valence electrons. The third kappa shape index (κ3) is 4.47. The molecule has 0 rings (SSSR count). The molecule has 5 heteroatoms. The van der Waals surface area contributed by atoms with Crippen molar-refractivity contribution >= 4 is 11.8 Å². The fourth-order valence-corrected chi connectivity index (χ4v) is 0.893. The van der Waals surface area contributed by atoms with Gasteiger partial charge in [-0.05, 0) is 6.92 Å². The smallest absolute Gasteiger partial charge is 0.225 e. The number of amides is 2. The second-order valence-electron chi connectivity index (χ2n) is 2.92. The summed E-state index contributed by atoms with van der Waals surface area (Å²) in [4.78, 5) is 21.6. The summed E-state index contributed by atoms with van der Waals surface area (Å²) in [5.41, 5.74) is 4.87. The lowest BCUT2D eigenvalue weighted by molar-refractivity contribution is -0.129. The summed E-state index contributed by atoms with van der Waals surface area (Å²) >= 11 is 0. The molecule has 0 fully saturated rings. The van der Waals surface area contributed by atoms with Crippen molar-refractivity contribution in [3.63, 3.8) is 0 Å². The topological polar surface area (TPSA) is 92.4 Å². The van der Waals surface area contributed by atoms with Crippen LogP contribution in [0.4, 0.5) is 0 Å². The number of aliphatic hydroxyl groups is 1. The van der Waals surface area contributed by atoms with Crippen molar-refractivity contribution in [3.8, 4) is 0 Å². The first-order valence-corrected chi connectivity index (χ1v) is 4.23. The van der Waals surface area contributed by atoms with Crippen LogP contribution in [0.25, 0.3) is 0 Å². The van der Waals surface area contributed by atoms with E-state index < -0.39 is 17.9 Å². The Kier molecular flexibility index (Phi) is 5.06. The maximum absolute atomic E-state index is 11.1. The molecule has 0 spiro atoms. The Morgan fingerprint density at radius 1 is 1.54 bits per heavy atom. The quantitative estimate of drug-likeness (QED) is 0.516. The van der Waals surface area contributed by atoms with Gasteiger partial charge in [-0.3, -0.25) is 9.59 Å². The number of nitrogens with two attached hydrogens (primary N) is 1. The summed E-state index contributed by atoms with van der Waals surface area (Å²) in [6, 6.07) is 0. The van der Waals surface area contributed by atoms with Gasteiger partial charge in [-0.1, -0.05) is 6.92 Å². The zero-order chi connectivity index (χ0) is 10.4. The van der Waals surface area contributed by atoms with Crippen molar-refractivity contribution in [2.45, 2.75) is 26.4 Å². The minimum atomic E-state index is -0.996. The molecular weight excluding hydrogens is 172 g/mol. The maximum Gasteiger partial charge on any atom is 0.225 e. The molecule has 0 aromatic heterocycles. The molecule has 0 saturated carbocycles. The van der Waals surface area contributed by atoms with Crippen LogP contribution >= 0.6 is 0 Å². The zero-order valence-corrected chi connectivity index (χ0v) is 7.91. The molecule has 0 aromatic carbocycles. The normalized spacial score (nSPS) is 14.7. The van der Waals surface area contributed by atoms with Crippen molar-refractivity contribution in [2.24, 2.45) is 11.7 Å². The van der Waals surface area contributed by atoms with Gasteiger partial charge in [0.1, 0.15) is 0 Å². The minimum absolute atomic E-state index is 0.182. The minimum Gasteiger partial charge on any atom is -0.392 e. The van der Waals surface area contributed by atoms with E-state index in [1.807, 2.05) is 0 Å². The molecule has 0 aromatic rings. The molecule has 0 aliphatic rings. The number of rotatable bonds is 5. The largest absolute Gasteiger partial charge is 0.392 e. The van der Waals surface area contributed by atoms with E-state index in [1.54, 1.807) is 13.8 Å². The number of hydrogen-bond donors (Lipinski definition) is 3. The lowest BCUT2D eigenvalue weighted by Gasteiger charge is -2.16. The molecule has 2 amide bonds. The highest BCUT2D eigenvalue weighted by Gasteiger charge is 2.22. The summed E-state index contributed by atoms with van der Waals surface area (Å²) in [6.07, 6.45) is -1.18. The molecule has 0 aliphatic heterocycles. The number of primary amides is 1. The number of nitrogens with one attached hydrogen (secondary N) is 1. The number of carbonyl (C=O) groups is 2. The second kappa shape index (κ2) is 5.53. The second-order valence-corrected chi connectivity index (χ2v) is 2.92. The Balaban J connectivity index is 4.00. The standard InChI is InChI=1S/C8H16N2O3/c1-3-10-8(13)5(2)6(11)4-7(9)12/h5-6,11H,3-4H2,1-2H3,(H2,9,12)(H,10,13)/t5?,6-/m1/s1. The predicted octanol–water partition coefficient (Wildman–Crippen LogP) is -1.01. The highest BCUT2D eigenvalue weighted by atomic mass is 16.3. The Hall–Kier alpha value is -1.10. The molecule has 2 atom stereocenters. The molecule has 4 N–H and O–H groups in total. The van der Waals surface area contributed by atoms with Gasteiger partial charge in [0.05, 0.1) is 18.4 Å². The van der Waals surface area contributed by atoms with Crippen LogP contribution in [0, 0.1) is 5.92 Å². The molecule has 5 nitrogen and oxygen atoms in total. The average molecular weight is 188 g/mol. The van der Waals surface area contributed by atoms with Crippen molar-refractivity contribution in [1.82, 2.24) is 5.32 Å². The van der Waals surface area contributed by atoms with Crippen molar-refractivity contribution in [2.75, 3.05) is 6.54 Å². The van der Waals surface area contributed by atoms with Crippen molar-refractivity contribution in [3.05, 3.63) is 0 Å². The lowest BCUT2D eigenvalue weighted by atomic mass is 10.0. The van der Waals surface area contributed by atoms with E-state index in [0.29, 0.717) is 6.54 Å². The van der Waals surface area contributed by atoms with Crippen molar-refractivity contribution < 1.29 is 14.7 Å². The fraction of sp³-hybridized carbons (Fsp3) is 0.750. The Morgan fingerprint density at radius 2 is 2.08 bits per heavy atom. The van der Waals surface area contributed by atoms with Crippen LogP contribution in [-0.4, -0.2) is 29.6 Å². The van der Waals surface area contributed by atoms with Crippen LogP contribution in [0.1, 0.15) is 20.3 Å². The molecule has 0 bridgehead atoms. The Morgan fingerprint density at radius 3 is 2.46 bits per heavy atom. The zero-order valence-electron chi connectivity index (χ0n) is 7.91. The first-order chi connectivity index (χ1) is 5.99. The highest BCUT2D eigenvalue weighted by molar-refractivity contribution is 5.80. The molecule has 1 unspecified atom stereocenters. The van der Waals surface area contributed by atoms with Crippen LogP contribution < -0.4 is 11.1 Å². The van der Waals surface area contributed by atoms with Gasteiger partial charge in [0.25, 0.3) is 0 Å². The van der Waals surface area contributed by atoms with Crippen LogP contribution in [0.5, 0.6) is 0 Å². The third-order valence-electron chi connectivity index (χ3n) is 1.75. The molecule has 0 radical (unpaired) electrons. The molecule has 13 heavy (non-hydrogen) atoms. The Bertz CT molecular complexity index is 194. The Labute approximate surface area is 77.3 Å². The van der Waals surface area contributed by atoms with Crippen LogP contribution in [-0.2, 0) is 9.59 Å². The van der Waals surface area contributed by atoms with Gasteiger partial charge in [0, 0.05) is 6.54 Å². The molecule has 0 saturated heterocycles. The number of aliphatic hydroxyl groups excluding tert-OH is 1. The van der Waals surface area contributed by atoms with E-state index in [2.05, 4.69) is 5.32 Å². The molecular formula is C8H16N2O3. The van der Waals surface area contributed by atoms with E-state index in [9.17, 15) is 14.7 Å². The van der Waals surface area contributed by atoms with Gasteiger partial charge < -0.3 is 16.2 Å². The predicted molar refractivity (Wildman–Crippen MR) is 47.7 cm³/mol. The molecule has 0 heterocycles. The SMILES string of the molecule is CCNC(=O)C(C)[C@H](O)CC(N)=O. The summed E-state index contributed by atoms with van der Waals surface area (Å²) in [6.45, 7) is 3.84. The summed E-state index contributed by atoms with van der Waals surface area (Å²) in [5, 5.41) is 11.9. The average Bonchev–Trinajstić information content (AvgIpc) is 2.02. The monoisotopic (exact) mass is 188 g/mol. The van der Waals surface area contributed by atoms with E-state index >= 15 is 0 Å². The van der Waals surface area contributed by atoms with E-state index in [-0.39, 0.29) is 12.3 Å². The van der Waals surface area contributed by atoms with Gasteiger partial charge in [0.15, 0.2) is 0 Å². The maximum atomic E-state index is 11.1. The van der Waals surface area contributed by atoms with Gasteiger partial charge >= 0.3 is 0 Å². The number of hydrogen-bond acceptors (Lipinski definition) is 3. The number of carbonyl (C=O) groups excluding carboxylic acids is 2. The van der Waals surface area contributed by atoms with E-state index in [1.165, 1.54) is 0 Å². The van der Waals surface area contributed by atoms with Gasteiger partial charge in [-0.25, -0.2) is 0 Å². The highest BCUT2D eigenvalue weighted by Crippen LogP contribution is 2.06. The fourth-order valence-electron chi connectivity index (χ4n) is 0.893. The van der Waals surface area contributed by atoms with Crippen molar-refractivity contribution in [1.29, 1.82) is 0 Å². The van der Waals surface area contributed by atoms with Gasteiger partial charge in [-0.2, -0.15) is 0 Å². The van der Waals surface area contributed by atoms with Crippen LogP contribution in [0.2, 0.25) is 0 Å². The summed E-state index contributed by atoms with van der Waals surface area (Å²) in [5.74, 6) is -1.48. The first kappa shape index (κ1) is 11.9. The van der Waals surface area contributed by atoms with E-state index in [0.717, 1.165) is 0 Å². The molecule has 0 aliphatic carbocycles. The van der Waals surface area contributed by atoms with E-state index in [4.69, 9.17) is 5.73 Å². The summed E-state index contributed by atoms with van der Waals surface area (Å²) < 4.78 is 0. The van der Waals surface area contributed by atoms with Crippen LogP contribution in [0.15, 0.2) is 0 Å². The first-order valence-electron chi connectivity index (χ1n) is 4.23.